The minimum atomic E-state index is 0.103. The van der Waals surface area contributed by atoms with Crippen LogP contribution in [0.5, 0.6) is 0 Å². The topological polar surface area (TPSA) is 45.2 Å². The maximum absolute atomic E-state index is 13.3. The lowest BCUT2D eigenvalue weighted by Gasteiger charge is -2.43. The highest BCUT2D eigenvalue weighted by molar-refractivity contribution is 7.21. The van der Waals surface area contributed by atoms with Gasteiger partial charge in [-0.15, -0.1) is 11.3 Å². The van der Waals surface area contributed by atoms with Gasteiger partial charge in [0.15, 0.2) is 0 Å². The molecule has 4 rings (SSSR count). The summed E-state index contributed by atoms with van der Waals surface area (Å²) in [6.45, 7) is 6.30. The zero-order chi connectivity index (χ0) is 16.8. The number of hydrogen-bond donors (Lipinski definition) is 1. The van der Waals surface area contributed by atoms with Crippen LogP contribution in [0.15, 0.2) is 6.07 Å². The molecule has 1 aliphatic carbocycles. The summed E-state index contributed by atoms with van der Waals surface area (Å²) in [6.07, 6.45) is 7.10. The van der Waals surface area contributed by atoms with Gasteiger partial charge in [0.25, 0.3) is 5.91 Å². The van der Waals surface area contributed by atoms with Crippen molar-refractivity contribution in [3.05, 3.63) is 22.2 Å². The Labute approximate surface area is 147 Å². The molecule has 1 saturated carbocycles. The molecule has 24 heavy (non-hydrogen) atoms. The molecule has 0 spiro atoms. The third kappa shape index (κ3) is 2.41. The summed E-state index contributed by atoms with van der Waals surface area (Å²) in [5.74, 6) is 0.211. The van der Waals surface area contributed by atoms with Gasteiger partial charge < -0.3 is 10.2 Å². The summed E-state index contributed by atoms with van der Waals surface area (Å²) in [7, 11) is 0. The smallest absolute Gasteiger partial charge is 0.268 e. The zero-order valence-electron chi connectivity index (χ0n) is 14.7. The van der Waals surface area contributed by atoms with Crippen molar-refractivity contribution in [1.29, 1.82) is 0 Å². The van der Waals surface area contributed by atoms with Crippen molar-refractivity contribution >= 4 is 33.1 Å². The Morgan fingerprint density at radius 3 is 2.75 bits per heavy atom. The van der Waals surface area contributed by atoms with E-state index in [4.69, 9.17) is 0 Å². The summed E-state index contributed by atoms with van der Waals surface area (Å²) in [5, 5.41) is 4.82. The van der Waals surface area contributed by atoms with Crippen LogP contribution in [-0.2, 0) is 0 Å². The van der Waals surface area contributed by atoms with Gasteiger partial charge in [0.05, 0.1) is 5.69 Å². The van der Waals surface area contributed by atoms with Gasteiger partial charge in [-0.05, 0) is 44.7 Å². The van der Waals surface area contributed by atoms with Crippen LogP contribution in [0.3, 0.4) is 0 Å². The predicted octanol–water partition coefficient (Wildman–Crippen LogP) is 4.85. The molecular formula is C19H25N3OS. The van der Waals surface area contributed by atoms with Gasteiger partial charge >= 0.3 is 0 Å². The Kier molecular flexibility index (Phi) is 3.99. The number of hydrogen-bond acceptors (Lipinski definition) is 4. The number of fused-ring (bicyclic) bond motifs is 3. The van der Waals surface area contributed by atoms with E-state index in [0.717, 1.165) is 45.7 Å². The molecule has 1 aliphatic heterocycles. The summed E-state index contributed by atoms with van der Waals surface area (Å²) in [5.41, 5.74) is 3.24. The van der Waals surface area contributed by atoms with Crippen LogP contribution in [0.25, 0.3) is 10.2 Å². The molecule has 0 bridgehead atoms. The molecular weight excluding hydrogens is 318 g/mol. The summed E-state index contributed by atoms with van der Waals surface area (Å²) >= 11 is 1.55. The molecule has 0 aromatic carbocycles. The Hall–Kier alpha value is -1.62. The lowest BCUT2D eigenvalue weighted by atomic mass is 9.92. The molecule has 5 heteroatoms. The number of amides is 1. The molecule has 2 aromatic heterocycles. The van der Waals surface area contributed by atoms with Crippen molar-refractivity contribution in [3.63, 3.8) is 0 Å². The summed E-state index contributed by atoms with van der Waals surface area (Å²) in [4.78, 5) is 22.0. The molecule has 0 unspecified atom stereocenters. The highest BCUT2D eigenvalue weighted by Gasteiger charge is 2.38. The molecule has 1 amide bonds. The first-order chi connectivity index (χ1) is 11.6. The van der Waals surface area contributed by atoms with E-state index in [1.54, 1.807) is 11.3 Å². The first-order valence-corrected chi connectivity index (χ1v) is 9.91. The number of rotatable bonds is 2. The van der Waals surface area contributed by atoms with Crippen LogP contribution >= 0.6 is 11.3 Å². The second-order valence-electron chi connectivity index (χ2n) is 7.14. The maximum Gasteiger partial charge on any atom is 0.268 e. The number of nitrogens with zero attached hydrogens (tertiary/aromatic N) is 2. The lowest BCUT2D eigenvalue weighted by molar-refractivity contribution is 0.0527. The maximum atomic E-state index is 13.3. The fourth-order valence-corrected chi connectivity index (χ4v) is 5.51. The van der Waals surface area contributed by atoms with Gasteiger partial charge in [-0.2, -0.15) is 0 Å². The van der Waals surface area contributed by atoms with Crippen molar-refractivity contribution in [2.45, 2.75) is 71.5 Å². The molecule has 1 N–H and O–H groups in total. The number of anilines is 1. The van der Waals surface area contributed by atoms with E-state index in [0.29, 0.717) is 6.04 Å². The Morgan fingerprint density at radius 2 is 2.04 bits per heavy atom. The van der Waals surface area contributed by atoms with Gasteiger partial charge in [-0.1, -0.05) is 26.2 Å². The molecule has 2 aliphatic rings. The van der Waals surface area contributed by atoms with Crippen LogP contribution in [0.2, 0.25) is 0 Å². The number of carbonyl (C=O) groups is 1. The second kappa shape index (κ2) is 6.03. The Balaban J connectivity index is 1.81. The van der Waals surface area contributed by atoms with E-state index in [9.17, 15) is 4.79 Å². The SMILES string of the molecule is CC[C@@H]1Nc2c(sc3nc(C)cc(C)c23)C(=O)N1C1CCCCC1. The third-order valence-electron chi connectivity index (χ3n) is 5.42. The minimum absolute atomic E-state index is 0.103. The van der Waals surface area contributed by atoms with E-state index < -0.39 is 0 Å². The van der Waals surface area contributed by atoms with E-state index in [1.807, 2.05) is 6.92 Å². The van der Waals surface area contributed by atoms with E-state index in [1.165, 1.54) is 24.8 Å². The highest BCUT2D eigenvalue weighted by Crippen LogP contribution is 2.42. The van der Waals surface area contributed by atoms with Gasteiger partial charge in [0.1, 0.15) is 15.9 Å². The third-order valence-corrected chi connectivity index (χ3v) is 6.49. The van der Waals surface area contributed by atoms with E-state index in [-0.39, 0.29) is 12.1 Å². The van der Waals surface area contributed by atoms with E-state index in [2.05, 4.69) is 35.1 Å². The fourth-order valence-electron chi connectivity index (χ4n) is 4.30. The zero-order valence-corrected chi connectivity index (χ0v) is 15.5. The van der Waals surface area contributed by atoms with E-state index >= 15 is 0 Å². The average Bonchev–Trinajstić information content (AvgIpc) is 2.94. The number of aromatic nitrogens is 1. The Morgan fingerprint density at radius 1 is 1.29 bits per heavy atom. The number of thiophene rings is 1. The van der Waals surface area contributed by atoms with Gasteiger partial charge in [-0.3, -0.25) is 4.79 Å². The van der Waals surface area contributed by atoms with Crippen molar-refractivity contribution in [2.75, 3.05) is 5.32 Å². The normalized spacial score (nSPS) is 21.9. The van der Waals surface area contributed by atoms with Gasteiger partial charge in [0.2, 0.25) is 0 Å². The molecule has 3 heterocycles. The lowest BCUT2D eigenvalue weighted by Crippen LogP contribution is -2.53. The Bertz CT molecular complexity index is 791. The molecule has 4 nitrogen and oxygen atoms in total. The first kappa shape index (κ1) is 15.9. The van der Waals surface area contributed by atoms with Crippen molar-refractivity contribution in [3.8, 4) is 0 Å². The molecule has 1 fully saturated rings. The monoisotopic (exact) mass is 343 g/mol. The van der Waals surface area contributed by atoms with Crippen molar-refractivity contribution < 1.29 is 4.79 Å². The van der Waals surface area contributed by atoms with Crippen LogP contribution in [-0.4, -0.2) is 28.0 Å². The average molecular weight is 343 g/mol. The van der Waals surface area contributed by atoms with Crippen LogP contribution < -0.4 is 5.32 Å². The number of nitrogens with one attached hydrogen (secondary N) is 1. The molecule has 0 radical (unpaired) electrons. The number of carbonyl (C=O) groups excluding carboxylic acids is 1. The predicted molar refractivity (Wildman–Crippen MR) is 99.8 cm³/mol. The highest BCUT2D eigenvalue weighted by atomic mass is 32.1. The van der Waals surface area contributed by atoms with Gasteiger partial charge in [-0.25, -0.2) is 4.98 Å². The quantitative estimate of drug-likeness (QED) is 0.848. The number of pyridine rings is 1. The van der Waals surface area contributed by atoms with Crippen LogP contribution in [0.4, 0.5) is 5.69 Å². The molecule has 0 saturated heterocycles. The van der Waals surface area contributed by atoms with Crippen LogP contribution in [0, 0.1) is 13.8 Å². The minimum Gasteiger partial charge on any atom is -0.363 e. The largest absolute Gasteiger partial charge is 0.363 e. The standard InChI is InChI=1S/C19H25N3OS/c1-4-14-21-16-15-11(2)10-12(3)20-18(15)24-17(16)19(23)22(14)13-8-6-5-7-9-13/h10,13-14,21H,4-9H2,1-3H3/t14-/m1/s1. The van der Waals surface area contributed by atoms with Gasteiger partial charge in [0, 0.05) is 17.1 Å². The van der Waals surface area contributed by atoms with Crippen LogP contribution in [0.1, 0.15) is 66.4 Å². The summed E-state index contributed by atoms with van der Waals surface area (Å²) in [6, 6.07) is 2.49. The summed E-state index contributed by atoms with van der Waals surface area (Å²) < 4.78 is 0. The second-order valence-corrected chi connectivity index (χ2v) is 8.14. The fraction of sp³-hybridized carbons (Fsp3) is 0.579. The van der Waals surface area contributed by atoms with Crippen molar-refractivity contribution in [2.24, 2.45) is 0 Å². The number of aryl methyl sites for hydroxylation is 2. The first-order valence-electron chi connectivity index (χ1n) is 9.10. The molecule has 2 aromatic rings. The van der Waals surface area contributed by atoms with Crippen molar-refractivity contribution in [1.82, 2.24) is 9.88 Å². The molecule has 1 atom stereocenters. The molecule has 128 valence electrons.